The second-order valence-corrected chi connectivity index (χ2v) is 5.82. The molecule has 1 amide bonds. The fourth-order valence-electron chi connectivity index (χ4n) is 2.09. The molecule has 3 N–H and O–H groups in total. The van der Waals surface area contributed by atoms with Gasteiger partial charge in [-0.2, -0.15) is 0 Å². The van der Waals surface area contributed by atoms with E-state index >= 15 is 0 Å². The highest BCUT2D eigenvalue weighted by Crippen LogP contribution is 2.28. The van der Waals surface area contributed by atoms with Crippen LogP contribution in [0.4, 0.5) is 0 Å². The molecule has 0 radical (unpaired) electrons. The summed E-state index contributed by atoms with van der Waals surface area (Å²) in [4.78, 5) is 12.0. The van der Waals surface area contributed by atoms with Crippen LogP contribution in [0, 0.1) is 5.92 Å². The number of hydrogen-bond donors (Lipinski definition) is 2. The number of hydrogen-bond acceptors (Lipinski definition) is 4. The number of nitrogens with two attached hydrogens (primary N) is 1. The minimum absolute atomic E-state index is 0.124. The van der Waals surface area contributed by atoms with Crippen LogP contribution < -0.4 is 20.5 Å². The topological polar surface area (TPSA) is 73.6 Å². The van der Waals surface area contributed by atoms with Crippen molar-refractivity contribution in [1.82, 2.24) is 5.32 Å². The number of carbonyl (C=O) groups is 1. The lowest BCUT2D eigenvalue weighted by Crippen LogP contribution is -2.44. The number of carbonyl (C=O) groups excluding carboxylic acids is 1. The van der Waals surface area contributed by atoms with Crippen molar-refractivity contribution < 1.29 is 14.3 Å². The number of unbranched alkanes of at least 4 members (excludes halogenated alkanes) is 1. The van der Waals surface area contributed by atoms with Crippen molar-refractivity contribution in [3.8, 4) is 11.5 Å². The number of rotatable bonds is 10. The smallest absolute Gasteiger partial charge is 0.237 e. The first-order valence-electron chi connectivity index (χ1n) is 8.36. The van der Waals surface area contributed by atoms with Gasteiger partial charge in [0.1, 0.15) is 0 Å². The maximum Gasteiger partial charge on any atom is 0.237 e. The second kappa shape index (κ2) is 10.1. The molecule has 0 aromatic heterocycles. The molecule has 0 saturated carbocycles. The van der Waals surface area contributed by atoms with Crippen molar-refractivity contribution in [2.45, 2.75) is 52.6 Å². The van der Waals surface area contributed by atoms with Crippen LogP contribution in [-0.4, -0.2) is 25.7 Å². The van der Waals surface area contributed by atoms with Gasteiger partial charge >= 0.3 is 0 Å². The van der Waals surface area contributed by atoms with Crippen LogP contribution in [0.2, 0.25) is 0 Å². The standard InChI is InChI=1S/C18H30N2O3/c1-5-7-10-23-15-9-8-14(11-16(15)22-4)12-20-18(21)17(19)13(3)6-2/h8-9,11,13,17H,5-7,10,12,19H2,1-4H3,(H,20,21). The Hall–Kier alpha value is -1.75. The maximum atomic E-state index is 12.0. The van der Waals surface area contributed by atoms with Crippen molar-refractivity contribution in [3.63, 3.8) is 0 Å². The van der Waals surface area contributed by atoms with Crippen LogP contribution in [0.5, 0.6) is 11.5 Å². The third-order valence-electron chi connectivity index (χ3n) is 4.01. The normalized spacial score (nSPS) is 13.3. The Bertz CT molecular complexity index is 491. The van der Waals surface area contributed by atoms with Gasteiger partial charge in [0, 0.05) is 6.54 Å². The average molecular weight is 322 g/mol. The molecule has 5 heteroatoms. The van der Waals surface area contributed by atoms with Crippen molar-refractivity contribution in [3.05, 3.63) is 23.8 Å². The van der Waals surface area contributed by atoms with E-state index in [9.17, 15) is 4.79 Å². The van der Waals surface area contributed by atoms with E-state index in [1.165, 1.54) is 0 Å². The van der Waals surface area contributed by atoms with Gasteiger partial charge in [0.25, 0.3) is 0 Å². The zero-order valence-corrected chi connectivity index (χ0v) is 14.7. The molecule has 2 atom stereocenters. The molecule has 0 bridgehead atoms. The lowest BCUT2D eigenvalue weighted by molar-refractivity contribution is -0.123. The van der Waals surface area contributed by atoms with Crippen LogP contribution in [0.15, 0.2) is 18.2 Å². The van der Waals surface area contributed by atoms with Gasteiger partial charge < -0.3 is 20.5 Å². The number of amides is 1. The second-order valence-electron chi connectivity index (χ2n) is 5.82. The molecule has 2 unspecified atom stereocenters. The third-order valence-corrected chi connectivity index (χ3v) is 4.01. The molecule has 0 fully saturated rings. The summed E-state index contributed by atoms with van der Waals surface area (Å²) in [5.74, 6) is 1.45. The summed E-state index contributed by atoms with van der Waals surface area (Å²) in [6.07, 6.45) is 2.98. The van der Waals surface area contributed by atoms with Crippen molar-refractivity contribution in [2.75, 3.05) is 13.7 Å². The monoisotopic (exact) mass is 322 g/mol. The summed E-state index contributed by atoms with van der Waals surface area (Å²) in [7, 11) is 1.61. The first-order chi connectivity index (χ1) is 11.0. The third kappa shape index (κ3) is 6.10. The Balaban J connectivity index is 2.62. The molecule has 1 rings (SSSR count). The maximum absolute atomic E-state index is 12.0. The minimum Gasteiger partial charge on any atom is -0.493 e. The molecule has 0 heterocycles. The fraction of sp³-hybridized carbons (Fsp3) is 0.611. The predicted molar refractivity (Wildman–Crippen MR) is 92.7 cm³/mol. The molecular weight excluding hydrogens is 292 g/mol. The van der Waals surface area contributed by atoms with Gasteiger partial charge in [-0.3, -0.25) is 4.79 Å². The molecule has 5 nitrogen and oxygen atoms in total. The van der Waals surface area contributed by atoms with E-state index in [0.29, 0.717) is 18.9 Å². The quantitative estimate of drug-likeness (QED) is 0.650. The van der Waals surface area contributed by atoms with Gasteiger partial charge in [0.2, 0.25) is 5.91 Å². The number of methoxy groups -OCH3 is 1. The Labute approximate surface area is 139 Å². The number of nitrogens with one attached hydrogen (secondary N) is 1. The van der Waals surface area contributed by atoms with Gasteiger partial charge in [-0.05, 0) is 30.0 Å². The highest BCUT2D eigenvalue weighted by Gasteiger charge is 2.19. The Morgan fingerprint density at radius 3 is 2.65 bits per heavy atom. The Morgan fingerprint density at radius 1 is 1.30 bits per heavy atom. The van der Waals surface area contributed by atoms with Crippen molar-refractivity contribution >= 4 is 5.91 Å². The Morgan fingerprint density at radius 2 is 2.04 bits per heavy atom. The van der Waals surface area contributed by atoms with E-state index in [-0.39, 0.29) is 11.8 Å². The summed E-state index contributed by atoms with van der Waals surface area (Å²) in [6.45, 7) is 7.23. The summed E-state index contributed by atoms with van der Waals surface area (Å²) in [6, 6.07) is 5.22. The van der Waals surface area contributed by atoms with E-state index in [1.54, 1.807) is 7.11 Å². The first-order valence-corrected chi connectivity index (χ1v) is 8.36. The van der Waals surface area contributed by atoms with Crippen LogP contribution >= 0.6 is 0 Å². The van der Waals surface area contributed by atoms with Crippen molar-refractivity contribution in [1.29, 1.82) is 0 Å². The van der Waals surface area contributed by atoms with Gasteiger partial charge in [0.05, 0.1) is 19.8 Å². The van der Waals surface area contributed by atoms with Crippen LogP contribution in [0.25, 0.3) is 0 Å². The first kappa shape index (κ1) is 19.3. The molecule has 0 aliphatic carbocycles. The lowest BCUT2D eigenvalue weighted by atomic mass is 9.99. The van der Waals surface area contributed by atoms with Gasteiger partial charge in [-0.25, -0.2) is 0 Å². The molecule has 23 heavy (non-hydrogen) atoms. The van der Waals surface area contributed by atoms with Crippen LogP contribution in [0.1, 0.15) is 45.6 Å². The number of ether oxygens (including phenoxy) is 2. The van der Waals surface area contributed by atoms with E-state index in [4.69, 9.17) is 15.2 Å². The summed E-state index contributed by atoms with van der Waals surface area (Å²) in [5.41, 5.74) is 6.88. The fourth-order valence-corrected chi connectivity index (χ4v) is 2.09. The largest absolute Gasteiger partial charge is 0.493 e. The van der Waals surface area contributed by atoms with Crippen LogP contribution in [-0.2, 0) is 11.3 Å². The Kier molecular flexibility index (Phi) is 8.48. The molecule has 1 aromatic carbocycles. The molecule has 130 valence electrons. The minimum atomic E-state index is -0.474. The van der Waals surface area contributed by atoms with E-state index in [1.807, 2.05) is 32.0 Å². The number of benzene rings is 1. The lowest BCUT2D eigenvalue weighted by Gasteiger charge is -2.18. The molecule has 0 saturated heterocycles. The zero-order valence-electron chi connectivity index (χ0n) is 14.7. The van der Waals surface area contributed by atoms with Gasteiger partial charge in [-0.1, -0.05) is 39.7 Å². The molecule has 0 aliphatic heterocycles. The average Bonchev–Trinajstić information content (AvgIpc) is 2.58. The molecule has 0 spiro atoms. The van der Waals surface area contributed by atoms with Crippen molar-refractivity contribution in [2.24, 2.45) is 11.7 Å². The van der Waals surface area contributed by atoms with E-state index in [0.717, 1.165) is 30.6 Å². The highest BCUT2D eigenvalue weighted by molar-refractivity contribution is 5.81. The summed E-state index contributed by atoms with van der Waals surface area (Å²) >= 11 is 0. The van der Waals surface area contributed by atoms with E-state index in [2.05, 4.69) is 12.2 Å². The molecule has 1 aromatic rings. The molecular formula is C18H30N2O3. The highest BCUT2D eigenvalue weighted by atomic mass is 16.5. The van der Waals surface area contributed by atoms with E-state index < -0.39 is 6.04 Å². The van der Waals surface area contributed by atoms with Gasteiger partial charge in [-0.15, -0.1) is 0 Å². The summed E-state index contributed by atoms with van der Waals surface area (Å²) < 4.78 is 11.1. The van der Waals surface area contributed by atoms with Gasteiger partial charge in [0.15, 0.2) is 11.5 Å². The summed E-state index contributed by atoms with van der Waals surface area (Å²) in [5, 5.41) is 2.88. The molecule has 0 aliphatic rings. The predicted octanol–water partition coefficient (Wildman–Crippen LogP) is 2.86. The zero-order chi connectivity index (χ0) is 17.2. The SMILES string of the molecule is CCCCOc1ccc(CNC(=O)C(N)C(C)CC)cc1OC. The van der Waals surface area contributed by atoms with Crippen LogP contribution in [0.3, 0.4) is 0 Å².